The largest absolute Gasteiger partial charge is 0.378 e. The maximum atomic E-state index is 5.42. The van der Waals surface area contributed by atoms with E-state index in [9.17, 15) is 0 Å². The van der Waals surface area contributed by atoms with Crippen LogP contribution >= 0.6 is 12.4 Å². The first-order chi connectivity index (χ1) is 10.4. The van der Waals surface area contributed by atoms with Gasteiger partial charge in [-0.25, -0.2) is 0 Å². The normalized spacial score (nSPS) is 18.1. The second kappa shape index (κ2) is 6.44. The minimum absolute atomic E-state index is 0. The molecule has 1 N–H and O–H groups in total. The zero-order valence-electron chi connectivity index (χ0n) is 11.9. The Morgan fingerprint density at radius 1 is 1.09 bits per heavy atom. The number of halogens is 1. The summed E-state index contributed by atoms with van der Waals surface area (Å²) in [5.74, 6) is 1.20. The van der Waals surface area contributed by atoms with Gasteiger partial charge in [-0.3, -0.25) is 0 Å². The van der Waals surface area contributed by atoms with Gasteiger partial charge in [0.05, 0.1) is 19.3 Å². The van der Waals surface area contributed by atoms with E-state index in [1.165, 1.54) is 5.39 Å². The SMILES string of the molecule is Cl.c1ccc2cc(-c3nc(C4COCCN4)no3)ccc2c1. The van der Waals surface area contributed by atoms with E-state index in [-0.39, 0.29) is 18.4 Å². The Kier molecular flexibility index (Phi) is 4.38. The molecule has 6 heteroatoms. The van der Waals surface area contributed by atoms with Crippen molar-refractivity contribution >= 4 is 23.2 Å². The van der Waals surface area contributed by atoms with E-state index in [0.717, 1.165) is 24.1 Å². The van der Waals surface area contributed by atoms with Gasteiger partial charge in [-0.05, 0) is 22.9 Å². The molecule has 114 valence electrons. The third-order valence-corrected chi connectivity index (χ3v) is 3.67. The fraction of sp³-hybridized carbons (Fsp3) is 0.250. The highest BCUT2D eigenvalue weighted by molar-refractivity contribution is 5.86. The molecule has 5 nitrogen and oxygen atoms in total. The van der Waals surface area contributed by atoms with Gasteiger partial charge in [-0.15, -0.1) is 12.4 Å². The fourth-order valence-electron chi connectivity index (χ4n) is 2.55. The van der Waals surface area contributed by atoms with Gasteiger partial charge in [0.1, 0.15) is 0 Å². The van der Waals surface area contributed by atoms with Gasteiger partial charge in [0.15, 0.2) is 5.82 Å². The van der Waals surface area contributed by atoms with Crippen molar-refractivity contribution < 1.29 is 9.26 Å². The van der Waals surface area contributed by atoms with E-state index in [4.69, 9.17) is 9.26 Å². The monoisotopic (exact) mass is 317 g/mol. The molecule has 0 radical (unpaired) electrons. The van der Waals surface area contributed by atoms with Crippen LogP contribution in [-0.4, -0.2) is 29.9 Å². The van der Waals surface area contributed by atoms with Crippen molar-refractivity contribution in [2.45, 2.75) is 6.04 Å². The summed E-state index contributed by atoms with van der Waals surface area (Å²) in [5, 5.41) is 9.75. The molecule has 1 fully saturated rings. The quantitative estimate of drug-likeness (QED) is 0.787. The van der Waals surface area contributed by atoms with Gasteiger partial charge in [0.2, 0.25) is 0 Å². The Hall–Kier alpha value is -1.95. The molecule has 2 aromatic carbocycles. The van der Waals surface area contributed by atoms with E-state index in [1.807, 2.05) is 18.2 Å². The van der Waals surface area contributed by atoms with Gasteiger partial charge in [-0.2, -0.15) is 4.98 Å². The van der Waals surface area contributed by atoms with Crippen LogP contribution in [0, 0.1) is 0 Å². The van der Waals surface area contributed by atoms with Crippen LogP contribution in [0.4, 0.5) is 0 Å². The fourth-order valence-corrected chi connectivity index (χ4v) is 2.55. The minimum atomic E-state index is 0. The van der Waals surface area contributed by atoms with Crippen LogP contribution in [0.3, 0.4) is 0 Å². The summed E-state index contributed by atoms with van der Waals surface area (Å²) >= 11 is 0. The number of hydrogen-bond donors (Lipinski definition) is 1. The Labute approximate surface area is 134 Å². The lowest BCUT2D eigenvalue weighted by molar-refractivity contribution is 0.0734. The zero-order chi connectivity index (χ0) is 14.1. The number of ether oxygens (including phenoxy) is 1. The summed E-state index contributed by atoms with van der Waals surface area (Å²) in [4.78, 5) is 4.49. The van der Waals surface area contributed by atoms with Crippen LogP contribution < -0.4 is 5.32 Å². The van der Waals surface area contributed by atoms with Crippen molar-refractivity contribution in [3.05, 3.63) is 48.3 Å². The summed E-state index contributed by atoms with van der Waals surface area (Å²) in [6, 6.07) is 14.4. The molecule has 1 saturated heterocycles. The van der Waals surface area contributed by atoms with Gasteiger partial charge < -0.3 is 14.6 Å². The molecule has 2 heterocycles. The van der Waals surface area contributed by atoms with E-state index in [1.54, 1.807) is 0 Å². The van der Waals surface area contributed by atoms with E-state index >= 15 is 0 Å². The molecule has 22 heavy (non-hydrogen) atoms. The third kappa shape index (κ3) is 2.83. The molecular formula is C16H16ClN3O2. The standard InChI is InChI=1S/C16H15N3O2.ClH/c1-2-4-12-9-13(6-5-11(12)3-1)16-18-15(19-21-16)14-10-20-8-7-17-14;/h1-6,9,14,17H,7-8,10H2;1H. The lowest BCUT2D eigenvalue weighted by Crippen LogP contribution is -2.35. The predicted molar refractivity (Wildman–Crippen MR) is 86.1 cm³/mol. The Bertz CT molecular complexity index is 769. The average molecular weight is 318 g/mol. The first-order valence-electron chi connectivity index (χ1n) is 7.04. The number of nitrogens with zero attached hydrogens (tertiary/aromatic N) is 2. The summed E-state index contributed by atoms with van der Waals surface area (Å²) in [6.07, 6.45) is 0. The first kappa shape index (κ1) is 15.0. The highest BCUT2D eigenvalue weighted by atomic mass is 35.5. The summed E-state index contributed by atoms with van der Waals surface area (Å²) in [6.45, 7) is 2.12. The second-order valence-corrected chi connectivity index (χ2v) is 5.10. The molecule has 0 spiro atoms. The second-order valence-electron chi connectivity index (χ2n) is 5.10. The molecule has 0 saturated carbocycles. The first-order valence-corrected chi connectivity index (χ1v) is 7.04. The van der Waals surface area contributed by atoms with Crippen LogP contribution in [0.1, 0.15) is 11.9 Å². The summed E-state index contributed by atoms with van der Waals surface area (Å²) < 4.78 is 10.8. The Morgan fingerprint density at radius 3 is 2.77 bits per heavy atom. The average Bonchev–Trinajstić information content (AvgIpc) is 3.05. The molecule has 1 atom stereocenters. The van der Waals surface area contributed by atoms with Crippen molar-refractivity contribution in [3.63, 3.8) is 0 Å². The number of hydrogen-bond acceptors (Lipinski definition) is 5. The van der Waals surface area contributed by atoms with E-state index in [0.29, 0.717) is 18.3 Å². The van der Waals surface area contributed by atoms with Crippen LogP contribution in [-0.2, 0) is 4.74 Å². The predicted octanol–water partition coefficient (Wildman–Crippen LogP) is 2.97. The zero-order valence-corrected chi connectivity index (χ0v) is 12.7. The van der Waals surface area contributed by atoms with Crippen LogP contribution in [0.5, 0.6) is 0 Å². The molecule has 0 amide bonds. The number of morpholine rings is 1. The van der Waals surface area contributed by atoms with Gasteiger partial charge in [0, 0.05) is 12.1 Å². The molecule has 0 bridgehead atoms. The van der Waals surface area contributed by atoms with Gasteiger partial charge in [-0.1, -0.05) is 35.5 Å². The molecule has 1 aliphatic rings. The number of nitrogens with one attached hydrogen (secondary N) is 1. The van der Waals surface area contributed by atoms with Crippen LogP contribution in [0.25, 0.3) is 22.2 Å². The van der Waals surface area contributed by atoms with Crippen molar-refractivity contribution in [3.8, 4) is 11.5 Å². The highest BCUT2D eigenvalue weighted by Crippen LogP contribution is 2.24. The molecular weight excluding hydrogens is 302 g/mol. The molecule has 4 rings (SSSR count). The van der Waals surface area contributed by atoms with Crippen molar-refractivity contribution in [2.75, 3.05) is 19.8 Å². The molecule has 1 aliphatic heterocycles. The van der Waals surface area contributed by atoms with Gasteiger partial charge >= 0.3 is 0 Å². The third-order valence-electron chi connectivity index (χ3n) is 3.67. The Balaban J connectivity index is 0.00000144. The number of fused-ring (bicyclic) bond motifs is 1. The Morgan fingerprint density at radius 2 is 1.95 bits per heavy atom. The molecule has 1 aromatic heterocycles. The lowest BCUT2D eigenvalue weighted by atomic mass is 10.1. The summed E-state index contributed by atoms with van der Waals surface area (Å²) in [7, 11) is 0. The van der Waals surface area contributed by atoms with Crippen LogP contribution in [0.2, 0.25) is 0 Å². The smallest absolute Gasteiger partial charge is 0.258 e. The van der Waals surface area contributed by atoms with Crippen molar-refractivity contribution in [2.24, 2.45) is 0 Å². The van der Waals surface area contributed by atoms with E-state index in [2.05, 4.69) is 39.7 Å². The minimum Gasteiger partial charge on any atom is -0.378 e. The lowest BCUT2D eigenvalue weighted by Gasteiger charge is -2.20. The maximum Gasteiger partial charge on any atom is 0.258 e. The van der Waals surface area contributed by atoms with E-state index < -0.39 is 0 Å². The topological polar surface area (TPSA) is 60.2 Å². The van der Waals surface area contributed by atoms with Crippen molar-refractivity contribution in [1.29, 1.82) is 0 Å². The maximum absolute atomic E-state index is 5.42. The number of benzene rings is 2. The highest BCUT2D eigenvalue weighted by Gasteiger charge is 2.21. The van der Waals surface area contributed by atoms with Crippen molar-refractivity contribution in [1.82, 2.24) is 15.5 Å². The number of rotatable bonds is 2. The summed E-state index contributed by atoms with van der Waals surface area (Å²) in [5.41, 5.74) is 0.934. The van der Waals surface area contributed by atoms with Gasteiger partial charge in [0.25, 0.3) is 5.89 Å². The molecule has 1 unspecified atom stereocenters. The molecule has 0 aliphatic carbocycles. The van der Waals surface area contributed by atoms with Crippen LogP contribution in [0.15, 0.2) is 47.0 Å². The molecule has 3 aromatic rings. The number of aromatic nitrogens is 2.